The van der Waals surface area contributed by atoms with E-state index in [0.717, 1.165) is 72.0 Å². The fraction of sp³-hybridized carbons (Fsp3) is 0. The largest absolute Gasteiger partial charge is 0.455 e. The lowest BCUT2D eigenvalue weighted by Crippen LogP contribution is -2.01. The van der Waals surface area contributed by atoms with Crippen molar-refractivity contribution in [1.29, 1.82) is 0 Å². The lowest BCUT2D eigenvalue weighted by atomic mass is 9.97. The van der Waals surface area contributed by atoms with Crippen LogP contribution in [0, 0.1) is 0 Å². The average molecular weight is 628 g/mol. The Bertz CT molecular complexity index is 2590. The minimum Gasteiger partial charge on any atom is -0.455 e. The third-order valence-electron chi connectivity index (χ3n) is 8.97. The number of hydrogen-bond donors (Lipinski definition) is 0. The molecule has 9 aromatic rings. The maximum Gasteiger partial charge on any atom is 0.164 e. The predicted octanol–water partition coefficient (Wildman–Crippen LogP) is 11.8. The number of aromatic nitrogens is 3. The van der Waals surface area contributed by atoms with E-state index in [4.69, 9.17) is 19.4 Å². The molecule has 7 aromatic carbocycles. The Hall–Kier alpha value is -6.65. The molecule has 9 rings (SSSR count). The highest BCUT2D eigenvalue weighted by Crippen LogP contribution is 2.37. The van der Waals surface area contributed by atoms with Crippen molar-refractivity contribution in [2.75, 3.05) is 0 Å². The van der Waals surface area contributed by atoms with E-state index in [0.29, 0.717) is 17.5 Å². The van der Waals surface area contributed by atoms with Crippen LogP contribution in [-0.4, -0.2) is 15.0 Å². The molecule has 4 nitrogen and oxygen atoms in total. The Labute approximate surface area is 284 Å². The Balaban J connectivity index is 1.12. The second-order valence-electron chi connectivity index (χ2n) is 12.0. The molecular formula is C45H29N3O. The summed E-state index contributed by atoms with van der Waals surface area (Å²) in [6, 6.07) is 60.4. The van der Waals surface area contributed by atoms with E-state index in [1.807, 2.05) is 54.6 Å². The molecule has 0 aliphatic carbocycles. The van der Waals surface area contributed by atoms with Crippen molar-refractivity contribution in [3.8, 4) is 67.5 Å². The van der Waals surface area contributed by atoms with Crippen molar-refractivity contribution in [1.82, 2.24) is 15.0 Å². The first kappa shape index (κ1) is 28.6. The smallest absolute Gasteiger partial charge is 0.164 e. The second kappa shape index (κ2) is 12.2. The Kier molecular flexibility index (Phi) is 7.10. The Morgan fingerprint density at radius 2 is 0.816 bits per heavy atom. The summed E-state index contributed by atoms with van der Waals surface area (Å²) >= 11 is 0. The van der Waals surface area contributed by atoms with Crippen LogP contribution in [0.2, 0.25) is 0 Å². The standard InChI is InChI=1S/C45H29N3O/c1-3-13-31(14-4-1)36-19-7-8-21-40(36)45-47-43(33-15-5-2-6-16-33)46-44(48-45)35-18-11-17-34(29-35)30-25-27-32(28-26-30)37-22-12-23-39-38-20-9-10-24-41(38)49-42(37)39/h1-29H. The van der Waals surface area contributed by atoms with Crippen LogP contribution in [0.1, 0.15) is 0 Å². The molecule has 49 heavy (non-hydrogen) atoms. The third kappa shape index (κ3) is 5.35. The quantitative estimate of drug-likeness (QED) is 0.184. The molecular weight excluding hydrogens is 599 g/mol. The molecule has 2 aromatic heterocycles. The van der Waals surface area contributed by atoms with Gasteiger partial charge in [0.1, 0.15) is 11.2 Å². The lowest BCUT2D eigenvalue weighted by Gasteiger charge is -2.12. The molecule has 0 N–H and O–H groups in total. The van der Waals surface area contributed by atoms with Gasteiger partial charge in [-0.05, 0) is 39.9 Å². The summed E-state index contributed by atoms with van der Waals surface area (Å²) in [4.78, 5) is 15.1. The highest BCUT2D eigenvalue weighted by molar-refractivity contribution is 6.09. The van der Waals surface area contributed by atoms with Crippen molar-refractivity contribution in [2.24, 2.45) is 0 Å². The molecule has 0 spiro atoms. The second-order valence-corrected chi connectivity index (χ2v) is 12.0. The minimum atomic E-state index is 0.627. The Morgan fingerprint density at radius 1 is 0.306 bits per heavy atom. The van der Waals surface area contributed by atoms with Crippen LogP contribution in [-0.2, 0) is 0 Å². The summed E-state index contributed by atoms with van der Waals surface area (Å²) in [6.07, 6.45) is 0. The molecule has 0 bridgehead atoms. The van der Waals surface area contributed by atoms with Gasteiger partial charge >= 0.3 is 0 Å². The first-order chi connectivity index (χ1) is 24.3. The van der Waals surface area contributed by atoms with Crippen LogP contribution >= 0.6 is 0 Å². The van der Waals surface area contributed by atoms with Crippen molar-refractivity contribution >= 4 is 21.9 Å². The van der Waals surface area contributed by atoms with Gasteiger partial charge in [0.2, 0.25) is 0 Å². The van der Waals surface area contributed by atoms with E-state index in [2.05, 4.69) is 121 Å². The zero-order valence-corrected chi connectivity index (χ0v) is 26.5. The fourth-order valence-electron chi connectivity index (χ4n) is 6.54. The van der Waals surface area contributed by atoms with Crippen LogP contribution in [0.15, 0.2) is 180 Å². The van der Waals surface area contributed by atoms with Crippen LogP contribution in [0.5, 0.6) is 0 Å². The predicted molar refractivity (Wildman–Crippen MR) is 200 cm³/mol. The van der Waals surface area contributed by atoms with Crippen molar-refractivity contribution in [3.05, 3.63) is 176 Å². The maximum atomic E-state index is 6.31. The van der Waals surface area contributed by atoms with Crippen molar-refractivity contribution < 1.29 is 4.42 Å². The van der Waals surface area contributed by atoms with E-state index >= 15 is 0 Å². The van der Waals surface area contributed by atoms with E-state index < -0.39 is 0 Å². The van der Waals surface area contributed by atoms with Gasteiger partial charge in [-0.15, -0.1) is 0 Å². The molecule has 4 heteroatoms. The molecule has 0 unspecified atom stereocenters. The summed E-state index contributed by atoms with van der Waals surface area (Å²) in [5, 5.41) is 2.26. The Morgan fingerprint density at radius 3 is 1.61 bits per heavy atom. The highest BCUT2D eigenvalue weighted by Gasteiger charge is 2.16. The van der Waals surface area contributed by atoms with E-state index in [9.17, 15) is 0 Å². The third-order valence-corrected chi connectivity index (χ3v) is 8.97. The van der Waals surface area contributed by atoms with Gasteiger partial charge in [-0.1, -0.05) is 164 Å². The van der Waals surface area contributed by atoms with Crippen molar-refractivity contribution in [2.45, 2.75) is 0 Å². The van der Waals surface area contributed by atoms with Crippen LogP contribution < -0.4 is 0 Å². The number of hydrogen-bond acceptors (Lipinski definition) is 4. The maximum absolute atomic E-state index is 6.31. The van der Waals surface area contributed by atoms with Gasteiger partial charge in [-0.3, -0.25) is 0 Å². The van der Waals surface area contributed by atoms with Crippen LogP contribution in [0.25, 0.3) is 89.5 Å². The van der Waals surface area contributed by atoms with E-state index in [1.54, 1.807) is 0 Å². The van der Waals surface area contributed by atoms with Gasteiger partial charge in [0.25, 0.3) is 0 Å². The number of furan rings is 1. The van der Waals surface area contributed by atoms with Gasteiger partial charge in [-0.2, -0.15) is 0 Å². The zero-order chi connectivity index (χ0) is 32.6. The summed E-state index contributed by atoms with van der Waals surface area (Å²) in [6.45, 7) is 0. The normalized spacial score (nSPS) is 11.3. The van der Waals surface area contributed by atoms with Crippen LogP contribution in [0.4, 0.5) is 0 Å². The summed E-state index contributed by atoms with van der Waals surface area (Å²) in [5.74, 6) is 1.90. The van der Waals surface area contributed by atoms with Gasteiger partial charge in [0.05, 0.1) is 0 Å². The van der Waals surface area contributed by atoms with Gasteiger partial charge in [0, 0.05) is 33.0 Å². The summed E-state index contributed by atoms with van der Waals surface area (Å²) in [5.41, 5.74) is 11.2. The number of rotatable bonds is 6. The molecule has 0 fully saturated rings. The molecule has 0 amide bonds. The summed E-state index contributed by atoms with van der Waals surface area (Å²) in [7, 11) is 0. The number of para-hydroxylation sites is 2. The first-order valence-corrected chi connectivity index (χ1v) is 16.4. The highest BCUT2D eigenvalue weighted by atomic mass is 16.3. The summed E-state index contributed by atoms with van der Waals surface area (Å²) < 4.78 is 6.31. The molecule has 230 valence electrons. The minimum absolute atomic E-state index is 0.627. The van der Waals surface area contributed by atoms with E-state index in [-0.39, 0.29) is 0 Å². The molecule has 0 atom stereocenters. The zero-order valence-electron chi connectivity index (χ0n) is 26.5. The number of nitrogens with zero attached hydrogens (tertiary/aromatic N) is 3. The average Bonchev–Trinajstić information content (AvgIpc) is 3.58. The monoisotopic (exact) mass is 627 g/mol. The number of fused-ring (bicyclic) bond motifs is 3. The molecule has 0 radical (unpaired) electrons. The van der Waals surface area contributed by atoms with Gasteiger partial charge < -0.3 is 4.42 Å². The molecule has 0 aliphatic heterocycles. The molecule has 0 saturated carbocycles. The lowest BCUT2D eigenvalue weighted by molar-refractivity contribution is 0.670. The van der Waals surface area contributed by atoms with Crippen molar-refractivity contribution in [3.63, 3.8) is 0 Å². The molecule has 2 heterocycles. The molecule has 0 saturated heterocycles. The molecule has 0 aliphatic rings. The van der Waals surface area contributed by atoms with E-state index in [1.165, 1.54) is 0 Å². The van der Waals surface area contributed by atoms with Crippen LogP contribution in [0.3, 0.4) is 0 Å². The van der Waals surface area contributed by atoms with Gasteiger partial charge in [-0.25, -0.2) is 15.0 Å². The fourth-order valence-corrected chi connectivity index (χ4v) is 6.54. The SMILES string of the molecule is c1ccc(-c2nc(-c3cccc(-c4ccc(-c5cccc6c5oc5ccccc56)cc4)c3)nc(-c3ccccc3-c3ccccc3)n2)cc1. The number of benzene rings is 7. The van der Waals surface area contributed by atoms with Gasteiger partial charge in [0.15, 0.2) is 17.5 Å². The first-order valence-electron chi connectivity index (χ1n) is 16.4. The topological polar surface area (TPSA) is 51.8 Å².